The molecule has 2 heterocycles. The van der Waals surface area contributed by atoms with Crippen LogP contribution in [0.15, 0.2) is 11.8 Å². The molecular weight excluding hydrogens is 488 g/mol. The lowest BCUT2D eigenvalue weighted by molar-refractivity contribution is -0.213. The average molecular weight is 537 g/mol. The van der Waals surface area contributed by atoms with Crippen molar-refractivity contribution in [2.75, 3.05) is 19.8 Å². The summed E-state index contributed by atoms with van der Waals surface area (Å²) in [4.78, 5) is 13.8. The van der Waals surface area contributed by atoms with E-state index in [4.69, 9.17) is 23.7 Å². The number of ether oxygens (including phenoxy) is 5. The van der Waals surface area contributed by atoms with Gasteiger partial charge in [0, 0.05) is 47.9 Å². The van der Waals surface area contributed by atoms with Crippen LogP contribution in [0.3, 0.4) is 0 Å². The highest BCUT2D eigenvalue weighted by Crippen LogP contribution is 2.77. The Morgan fingerprint density at radius 2 is 1.89 bits per heavy atom. The van der Waals surface area contributed by atoms with Crippen LogP contribution in [0.25, 0.3) is 0 Å². The lowest BCUT2D eigenvalue weighted by Crippen LogP contribution is -2.58. The third-order valence-corrected chi connectivity index (χ3v) is 10.6. The van der Waals surface area contributed by atoms with E-state index in [1.165, 1.54) is 0 Å². The fraction of sp³-hybridized carbons (Fsp3) is 0.900. The smallest absolute Gasteiger partial charge is 0.313 e. The first kappa shape index (κ1) is 28.3. The Balaban J connectivity index is 1.50. The first-order valence-corrected chi connectivity index (χ1v) is 14.7. The fourth-order valence-electron chi connectivity index (χ4n) is 7.96. The minimum atomic E-state index is -0.831. The summed E-state index contributed by atoms with van der Waals surface area (Å²) in [6.07, 6.45) is 3.04. The standard InChI is InChI=1S/C30H48O8/c1-8-16(2)13-35-22-11-19-26(36-14-17(3)18(4)31)37-15-21-24-23(34-10-9-28(5,6)33)20-12-30(19,21)25(22)29(20,7)27(32)38-24/h15-20,22-26,31,33H,8-14H2,1-7H3/t16?,17-,18-,19?,20+,22-,23+,24-,25+,26-,29-,30+/m1/s1. The van der Waals surface area contributed by atoms with Crippen LogP contribution in [0.1, 0.15) is 74.1 Å². The van der Waals surface area contributed by atoms with Crippen LogP contribution in [0.5, 0.6) is 0 Å². The number of rotatable bonds is 12. The minimum Gasteiger partial charge on any atom is -0.472 e. The average Bonchev–Trinajstić information content (AvgIpc) is 3.28. The fourth-order valence-corrected chi connectivity index (χ4v) is 7.96. The van der Waals surface area contributed by atoms with E-state index in [-0.39, 0.29) is 47.3 Å². The second kappa shape index (κ2) is 10.0. The van der Waals surface area contributed by atoms with Gasteiger partial charge < -0.3 is 33.9 Å². The molecule has 4 fully saturated rings. The third kappa shape index (κ3) is 4.33. The molecule has 8 nitrogen and oxygen atoms in total. The molecule has 38 heavy (non-hydrogen) atoms. The van der Waals surface area contributed by atoms with E-state index in [1.54, 1.807) is 27.0 Å². The number of aliphatic hydroxyl groups is 2. The van der Waals surface area contributed by atoms with E-state index in [0.717, 1.165) is 24.8 Å². The minimum absolute atomic E-state index is 0.00894. The Hall–Kier alpha value is -1.19. The van der Waals surface area contributed by atoms with Crippen molar-refractivity contribution in [3.8, 4) is 0 Å². The maximum Gasteiger partial charge on any atom is 0.313 e. The summed E-state index contributed by atoms with van der Waals surface area (Å²) >= 11 is 0. The van der Waals surface area contributed by atoms with Crippen LogP contribution >= 0.6 is 0 Å². The number of carbonyl (C=O) groups is 1. The van der Waals surface area contributed by atoms with E-state index in [2.05, 4.69) is 20.8 Å². The molecule has 0 aromatic heterocycles. The predicted molar refractivity (Wildman–Crippen MR) is 140 cm³/mol. The highest BCUT2D eigenvalue weighted by atomic mass is 16.7. The van der Waals surface area contributed by atoms with Crippen LogP contribution in [0, 0.1) is 40.4 Å². The van der Waals surface area contributed by atoms with Gasteiger partial charge in [0.2, 0.25) is 6.29 Å². The molecule has 3 bridgehead atoms. The van der Waals surface area contributed by atoms with Crippen molar-refractivity contribution < 1.29 is 38.7 Å². The molecule has 2 aliphatic heterocycles. The lowest BCUT2D eigenvalue weighted by atomic mass is 9.61. The largest absolute Gasteiger partial charge is 0.472 e. The summed E-state index contributed by atoms with van der Waals surface area (Å²) < 4.78 is 31.9. The van der Waals surface area contributed by atoms with Gasteiger partial charge in [0.1, 0.15) is 6.10 Å². The van der Waals surface area contributed by atoms with Gasteiger partial charge in [-0.3, -0.25) is 4.79 Å². The Bertz CT molecular complexity index is 926. The highest BCUT2D eigenvalue weighted by Gasteiger charge is 2.82. The molecule has 1 spiro atoms. The summed E-state index contributed by atoms with van der Waals surface area (Å²) in [5, 5.41) is 20.3. The SMILES string of the molecule is CCC(C)CO[C@@H]1CC2[C@H](OC[C@@H](C)[C@@H](C)O)OC=C3[C@H]4OC(=O)[C@]5(C)[C@@H](C[C@@]32[C@@H]15)[C@@H]4OCCC(C)(C)O. The van der Waals surface area contributed by atoms with Gasteiger partial charge in [-0.05, 0) is 52.9 Å². The van der Waals surface area contributed by atoms with Crippen molar-refractivity contribution in [1.82, 2.24) is 0 Å². The van der Waals surface area contributed by atoms with Crippen LogP contribution in [-0.2, 0) is 28.5 Å². The zero-order valence-electron chi connectivity index (χ0n) is 24.1. The molecule has 3 aliphatic carbocycles. The van der Waals surface area contributed by atoms with Crippen LogP contribution in [0.4, 0.5) is 0 Å². The molecule has 3 saturated carbocycles. The van der Waals surface area contributed by atoms with E-state index in [9.17, 15) is 15.0 Å². The van der Waals surface area contributed by atoms with Gasteiger partial charge in [-0.1, -0.05) is 27.2 Å². The Labute approximate surface area is 227 Å². The molecule has 0 aromatic carbocycles. The second-order valence-corrected chi connectivity index (χ2v) is 13.7. The molecular formula is C30H48O8. The molecule has 5 aliphatic rings. The summed E-state index contributed by atoms with van der Waals surface area (Å²) in [6, 6.07) is 0. The normalized spacial score (nSPS) is 43.2. The lowest BCUT2D eigenvalue weighted by Gasteiger charge is -2.51. The molecule has 8 heteroatoms. The monoisotopic (exact) mass is 536 g/mol. The first-order valence-electron chi connectivity index (χ1n) is 14.7. The van der Waals surface area contributed by atoms with E-state index < -0.39 is 29.5 Å². The predicted octanol–water partition coefficient (Wildman–Crippen LogP) is 3.83. The summed E-state index contributed by atoms with van der Waals surface area (Å²) in [5.41, 5.74) is -0.883. The van der Waals surface area contributed by atoms with Gasteiger partial charge in [0.25, 0.3) is 0 Å². The quantitative estimate of drug-likeness (QED) is 0.363. The summed E-state index contributed by atoms with van der Waals surface area (Å²) in [5.74, 6) is 0.204. The maximum absolute atomic E-state index is 13.8. The Kier molecular flexibility index (Phi) is 7.47. The van der Waals surface area contributed by atoms with Gasteiger partial charge in [0.05, 0.1) is 36.1 Å². The molecule has 1 saturated heterocycles. The van der Waals surface area contributed by atoms with Crippen molar-refractivity contribution in [3.63, 3.8) is 0 Å². The van der Waals surface area contributed by atoms with Crippen molar-refractivity contribution in [3.05, 3.63) is 11.8 Å². The van der Waals surface area contributed by atoms with Crippen LogP contribution in [-0.4, -0.2) is 72.3 Å². The van der Waals surface area contributed by atoms with Gasteiger partial charge in [-0.15, -0.1) is 0 Å². The van der Waals surface area contributed by atoms with Crippen molar-refractivity contribution in [2.45, 2.75) is 110 Å². The van der Waals surface area contributed by atoms with E-state index in [0.29, 0.717) is 32.2 Å². The van der Waals surface area contributed by atoms with Crippen molar-refractivity contribution >= 4 is 5.97 Å². The highest BCUT2D eigenvalue weighted by molar-refractivity contribution is 5.82. The van der Waals surface area contributed by atoms with Gasteiger partial charge >= 0.3 is 5.97 Å². The van der Waals surface area contributed by atoms with E-state index >= 15 is 0 Å². The molecule has 2 unspecified atom stereocenters. The van der Waals surface area contributed by atoms with Gasteiger partial charge in [-0.25, -0.2) is 0 Å². The molecule has 0 amide bonds. The summed E-state index contributed by atoms with van der Waals surface area (Å²) in [6.45, 7) is 15.2. The number of aliphatic hydroxyl groups excluding tert-OH is 1. The van der Waals surface area contributed by atoms with Crippen molar-refractivity contribution in [1.29, 1.82) is 0 Å². The van der Waals surface area contributed by atoms with E-state index in [1.807, 2.05) is 6.92 Å². The van der Waals surface area contributed by atoms with Gasteiger partial charge in [0.15, 0.2) is 6.10 Å². The maximum atomic E-state index is 13.8. The second-order valence-electron chi connectivity index (χ2n) is 13.7. The summed E-state index contributed by atoms with van der Waals surface area (Å²) in [7, 11) is 0. The van der Waals surface area contributed by atoms with Crippen molar-refractivity contribution in [2.24, 2.45) is 40.4 Å². The number of hydrogen-bond donors (Lipinski definition) is 2. The van der Waals surface area contributed by atoms with Crippen LogP contribution < -0.4 is 0 Å². The first-order chi connectivity index (χ1) is 17.8. The zero-order chi connectivity index (χ0) is 27.6. The molecule has 12 atom stereocenters. The van der Waals surface area contributed by atoms with Crippen LogP contribution in [0.2, 0.25) is 0 Å². The molecule has 216 valence electrons. The number of hydrogen-bond acceptors (Lipinski definition) is 8. The molecule has 0 radical (unpaired) electrons. The third-order valence-electron chi connectivity index (χ3n) is 10.6. The van der Waals surface area contributed by atoms with Gasteiger partial charge in [-0.2, -0.15) is 0 Å². The number of carbonyl (C=O) groups excluding carboxylic acids is 1. The molecule has 5 rings (SSSR count). The zero-order valence-corrected chi connectivity index (χ0v) is 24.1. The number of esters is 1. The topological polar surface area (TPSA) is 104 Å². The Morgan fingerprint density at radius 1 is 1.16 bits per heavy atom. The Morgan fingerprint density at radius 3 is 2.55 bits per heavy atom. The molecule has 2 N–H and O–H groups in total. The number of fused-ring (bicyclic) bond motifs is 3. The molecule has 0 aromatic rings.